The van der Waals surface area contributed by atoms with Crippen LogP contribution in [0.3, 0.4) is 0 Å². The van der Waals surface area contributed by atoms with Crippen molar-refractivity contribution in [3.8, 4) is 0 Å². The third-order valence-corrected chi connectivity index (χ3v) is 7.36. The van der Waals surface area contributed by atoms with Gasteiger partial charge in [0.05, 0.1) is 0 Å². The molecule has 0 aliphatic rings. The van der Waals surface area contributed by atoms with Crippen molar-refractivity contribution in [3.05, 3.63) is 12.2 Å². The smallest absolute Gasteiger partial charge is 0.303 e. The van der Waals surface area contributed by atoms with Gasteiger partial charge in [-0.2, -0.15) is 0 Å². The van der Waals surface area contributed by atoms with E-state index in [-0.39, 0.29) is 0 Å². The Hall–Kier alpha value is -0.830. The fourth-order valence-corrected chi connectivity index (χ4v) is 4.97. The number of rotatable bonds is 28. The second kappa shape index (κ2) is 27.8. The second-order valence-electron chi connectivity index (χ2n) is 11.2. The maximum absolute atomic E-state index is 10.5. The van der Waals surface area contributed by atoms with Crippen LogP contribution < -0.4 is 0 Å². The Morgan fingerprint density at radius 2 is 1.06 bits per heavy atom. The Balaban J connectivity index is 3.48. The molecule has 0 saturated carbocycles. The van der Waals surface area contributed by atoms with E-state index in [0.29, 0.717) is 6.42 Å². The molecule has 0 aromatic rings. The van der Waals surface area contributed by atoms with Gasteiger partial charge in [0.1, 0.15) is 0 Å². The average molecular weight is 494 g/mol. The Bertz CT molecular complexity index is 460. The fraction of sp³-hybridized carbons (Fsp3) is 0.906. The van der Waals surface area contributed by atoms with E-state index >= 15 is 0 Å². The van der Waals surface area contributed by atoms with Gasteiger partial charge >= 0.3 is 5.97 Å². The van der Waals surface area contributed by atoms with Crippen molar-refractivity contribution in [1.29, 1.82) is 0 Å². The molecule has 3 heteroatoms. The van der Waals surface area contributed by atoms with Gasteiger partial charge in [-0.15, -0.1) is 0 Å². The molecular formula is C32H63NO2. The number of carboxylic acids is 1. The highest BCUT2D eigenvalue weighted by Crippen LogP contribution is 2.22. The topological polar surface area (TPSA) is 40.5 Å². The first-order valence-electron chi connectivity index (χ1n) is 15.6. The first-order chi connectivity index (χ1) is 17.1. The molecule has 1 N–H and O–H groups in total. The van der Waals surface area contributed by atoms with E-state index in [2.05, 4.69) is 38.1 Å². The monoisotopic (exact) mass is 493 g/mol. The highest BCUT2D eigenvalue weighted by atomic mass is 16.4. The zero-order chi connectivity index (χ0) is 25.8. The summed E-state index contributed by atoms with van der Waals surface area (Å²) in [5, 5.41) is 8.62. The van der Waals surface area contributed by atoms with Crippen LogP contribution in [0.5, 0.6) is 0 Å². The summed E-state index contributed by atoms with van der Waals surface area (Å²) in [6.45, 7) is 3.56. The zero-order valence-electron chi connectivity index (χ0n) is 24.2. The summed E-state index contributed by atoms with van der Waals surface area (Å²) in [4.78, 5) is 12.8. The maximum Gasteiger partial charge on any atom is 0.303 e. The predicted octanol–water partition coefficient (Wildman–Crippen LogP) is 10.2. The van der Waals surface area contributed by atoms with Gasteiger partial charge in [0, 0.05) is 6.42 Å². The van der Waals surface area contributed by atoms with Crippen LogP contribution >= 0.6 is 0 Å². The van der Waals surface area contributed by atoms with Gasteiger partial charge in [-0.25, -0.2) is 0 Å². The first kappa shape index (κ1) is 34.2. The Labute approximate surface area is 220 Å². The molecule has 208 valence electrons. The summed E-state index contributed by atoms with van der Waals surface area (Å²) >= 11 is 0. The van der Waals surface area contributed by atoms with Crippen molar-refractivity contribution in [2.45, 2.75) is 161 Å². The lowest BCUT2D eigenvalue weighted by molar-refractivity contribution is -0.137. The number of unbranched alkanes of at least 4 members (excludes halogenated alkanes) is 17. The molecular weight excluding hydrogens is 430 g/mol. The zero-order valence-corrected chi connectivity index (χ0v) is 24.2. The Morgan fingerprint density at radius 1 is 0.629 bits per heavy atom. The van der Waals surface area contributed by atoms with Crippen LogP contribution in [0, 0.1) is 5.92 Å². The van der Waals surface area contributed by atoms with Crippen LogP contribution in [0.2, 0.25) is 0 Å². The molecule has 0 bridgehead atoms. The van der Waals surface area contributed by atoms with Crippen LogP contribution in [0.1, 0.15) is 161 Å². The summed E-state index contributed by atoms with van der Waals surface area (Å²) < 4.78 is 0. The van der Waals surface area contributed by atoms with Crippen molar-refractivity contribution >= 4 is 5.97 Å². The minimum atomic E-state index is -0.661. The minimum absolute atomic E-state index is 0.330. The van der Waals surface area contributed by atoms with Gasteiger partial charge in [-0.3, -0.25) is 4.79 Å². The van der Waals surface area contributed by atoms with E-state index < -0.39 is 5.97 Å². The van der Waals surface area contributed by atoms with Crippen LogP contribution in [0.15, 0.2) is 12.2 Å². The summed E-state index contributed by atoms with van der Waals surface area (Å²) in [5.41, 5.74) is 0. The molecule has 0 rings (SSSR count). The maximum atomic E-state index is 10.5. The SMILES string of the molecule is CCCCCCCC(CCCCCCCCCC/C=C\CCCCCCCC(=O)O)CCN(C)C. The predicted molar refractivity (Wildman–Crippen MR) is 155 cm³/mol. The Kier molecular flexibility index (Phi) is 27.1. The van der Waals surface area contributed by atoms with E-state index in [0.717, 1.165) is 18.8 Å². The summed E-state index contributed by atoms with van der Waals surface area (Å²) in [6.07, 6.45) is 35.8. The quantitative estimate of drug-likeness (QED) is 0.0870. The number of carbonyl (C=O) groups is 1. The van der Waals surface area contributed by atoms with Crippen molar-refractivity contribution in [2.75, 3.05) is 20.6 Å². The van der Waals surface area contributed by atoms with Gasteiger partial charge < -0.3 is 10.0 Å². The number of aliphatic carboxylic acids is 1. The first-order valence-corrected chi connectivity index (χ1v) is 15.6. The summed E-state index contributed by atoms with van der Waals surface area (Å²) in [7, 11) is 4.43. The molecule has 0 aliphatic heterocycles. The van der Waals surface area contributed by atoms with Gasteiger partial charge in [0.2, 0.25) is 0 Å². The number of carboxylic acid groups (broad SMARTS) is 1. The average Bonchev–Trinajstić information content (AvgIpc) is 2.82. The standard InChI is InChI=1S/C32H63NO2/c1-4-5-6-20-23-26-31(29-30-33(2)3)27-24-21-18-16-14-12-10-8-7-9-11-13-15-17-19-22-25-28-32(34)35/h9,11,31H,4-8,10,12-30H2,1-3H3,(H,34,35)/b11-9-. The van der Waals surface area contributed by atoms with Gasteiger partial charge in [-0.1, -0.05) is 128 Å². The molecule has 0 radical (unpaired) electrons. The number of nitrogens with zero attached hydrogens (tertiary/aromatic N) is 1. The third-order valence-electron chi connectivity index (χ3n) is 7.36. The molecule has 0 saturated heterocycles. The lowest BCUT2D eigenvalue weighted by atomic mass is 9.91. The van der Waals surface area contributed by atoms with E-state index in [1.165, 1.54) is 141 Å². The summed E-state index contributed by atoms with van der Waals surface area (Å²) in [6, 6.07) is 0. The van der Waals surface area contributed by atoms with Crippen LogP contribution in [0.4, 0.5) is 0 Å². The molecule has 1 unspecified atom stereocenters. The molecule has 0 amide bonds. The van der Waals surface area contributed by atoms with Gasteiger partial charge in [0.15, 0.2) is 0 Å². The highest BCUT2D eigenvalue weighted by Gasteiger charge is 2.09. The van der Waals surface area contributed by atoms with Crippen molar-refractivity contribution < 1.29 is 9.90 Å². The third kappa shape index (κ3) is 29.3. The molecule has 0 heterocycles. The lowest BCUT2D eigenvalue weighted by Gasteiger charge is -2.19. The molecule has 3 nitrogen and oxygen atoms in total. The van der Waals surface area contributed by atoms with Gasteiger partial charge in [0.25, 0.3) is 0 Å². The molecule has 0 fully saturated rings. The molecule has 35 heavy (non-hydrogen) atoms. The molecule has 0 aromatic heterocycles. The van der Waals surface area contributed by atoms with Crippen molar-refractivity contribution in [1.82, 2.24) is 4.90 Å². The molecule has 0 spiro atoms. The van der Waals surface area contributed by atoms with Crippen LogP contribution in [0.25, 0.3) is 0 Å². The normalized spacial score (nSPS) is 12.7. The van der Waals surface area contributed by atoms with Crippen molar-refractivity contribution in [3.63, 3.8) is 0 Å². The van der Waals surface area contributed by atoms with Gasteiger partial charge in [-0.05, 0) is 65.1 Å². The minimum Gasteiger partial charge on any atom is -0.481 e. The fourth-order valence-electron chi connectivity index (χ4n) is 4.97. The highest BCUT2D eigenvalue weighted by molar-refractivity contribution is 5.66. The second-order valence-corrected chi connectivity index (χ2v) is 11.2. The molecule has 0 aromatic carbocycles. The largest absolute Gasteiger partial charge is 0.481 e. The van der Waals surface area contributed by atoms with E-state index in [4.69, 9.17) is 5.11 Å². The number of allylic oxidation sites excluding steroid dienone is 2. The summed E-state index contributed by atoms with van der Waals surface area (Å²) in [5.74, 6) is 0.294. The number of hydrogen-bond acceptors (Lipinski definition) is 2. The lowest BCUT2D eigenvalue weighted by Crippen LogP contribution is -2.17. The van der Waals surface area contributed by atoms with Crippen molar-refractivity contribution in [2.24, 2.45) is 5.92 Å². The van der Waals surface area contributed by atoms with Crippen LogP contribution in [-0.2, 0) is 4.79 Å². The van der Waals surface area contributed by atoms with Crippen LogP contribution in [-0.4, -0.2) is 36.6 Å². The molecule has 1 atom stereocenters. The van der Waals surface area contributed by atoms with E-state index in [1.807, 2.05) is 0 Å². The number of hydrogen-bond donors (Lipinski definition) is 1. The van der Waals surface area contributed by atoms with E-state index in [9.17, 15) is 4.79 Å². The van der Waals surface area contributed by atoms with E-state index in [1.54, 1.807) is 0 Å². The molecule has 0 aliphatic carbocycles. The Morgan fingerprint density at radius 3 is 1.51 bits per heavy atom.